The summed E-state index contributed by atoms with van der Waals surface area (Å²) in [4.78, 5) is 11.7. The van der Waals surface area contributed by atoms with Gasteiger partial charge in [-0.25, -0.2) is 0 Å². The minimum atomic E-state index is -0.111. The highest BCUT2D eigenvalue weighted by atomic mass is 79.9. The van der Waals surface area contributed by atoms with Gasteiger partial charge in [0.1, 0.15) is 6.26 Å². The second-order valence-corrected chi connectivity index (χ2v) is 4.31. The lowest BCUT2D eigenvalue weighted by molar-refractivity contribution is 0.0624. The van der Waals surface area contributed by atoms with E-state index in [1.807, 2.05) is 0 Å². The molecule has 15 heavy (non-hydrogen) atoms. The van der Waals surface area contributed by atoms with Crippen LogP contribution in [0.4, 0.5) is 0 Å². The first kappa shape index (κ1) is 10.7. The Morgan fingerprint density at radius 2 is 2.47 bits per heavy atom. The molecule has 1 aliphatic heterocycles. The minimum Gasteiger partial charge on any atom is -0.457 e. The van der Waals surface area contributed by atoms with Gasteiger partial charge >= 0.3 is 0 Å². The zero-order valence-electron chi connectivity index (χ0n) is 8.16. The Morgan fingerprint density at radius 3 is 3.07 bits per heavy atom. The van der Waals surface area contributed by atoms with Crippen LogP contribution in [0.3, 0.4) is 0 Å². The van der Waals surface area contributed by atoms with E-state index in [-0.39, 0.29) is 11.9 Å². The summed E-state index contributed by atoms with van der Waals surface area (Å²) in [7, 11) is 0. The molecule has 4 nitrogen and oxygen atoms in total. The first-order valence-corrected chi connectivity index (χ1v) is 5.67. The molecule has 0 saturated carbocycles. The SMILES string of the molecule is O=C(NC1CCCOC1)c1coc(Br)c1. The van der Waals surface area contributed by atoms with Gasteiger partial charge in [-0.1, -0.05) is 0 Å². The van der Waals surface area contributed by atoms with E-state index in [1.54, 1.807) is 6.07 Å². The number of nitrogens with one attached hydrogen (secondary N) is 1. The van der Waals surface area contributed by atoms with Gasteiger partial charge in [0.15, 0.2) is 4.67 Å². The van der Waals surface area contributed by atoms with Gasteiger partial charge in [0.25, 0.3) is 5.91 Å². The van der Waals surface area contributed by atoms with Gasteiger partial charge in [-0.3, -0.25) is 4.79 Å². The third kappa shape index (κ3) is 2.82. The third-order valence-corrected chi connectivity index (χ3v) is 2.74. The van der Waals surface area contributed by atoms with Crippen LogP contribution in [0.1, 0.15) is 23.2 Å². The van der Waals surface area contributed by atoms with Gasteiger partial charge in [0.2, 0.25) is 0 Å². The second kappa shape index (κ2) is 4.81. The largest absolute Gasteiger partial charge is 0.457 e. The van der Waals surface area contributed by atoms with Crippen LogP contribution in [0, 0.1) is 0 Å². The quantitative estimate of drug-likeness (QED) is 0.896. The van der Waals surface area contributed by atoms with Crippen LogP contribution in [0.25, 0.3) is 0 Å². The fourth-order valence-electron chi connectivity index (χ4n) is 1.55. The highest BCUT2D eigenvalue weighted by molar-refractivity contribution is 9.10. The highest BCUT2D eigenvalue weighted by Crippen LogP contribution is 2.14. The zero-order valence-corrected chi connectivity index (χ0v) is 9.75. The molecule has 1 unspecified atom stereocenters. The molecule has 1 atom stereocenters. The Balaban J connectivity index is 1.91. The van der Waals surface area contributed by atoms with E-state index >= 15 is 0 Å². The molecule has 2 rings (SSSR count). The molecule has 1 aromatic rings. The molecule has 0 spiro atoms. The first-order chi connectivity index (χ1) is 7.25. The van der Waals surface area contributed by atoms with E-state index in [0.29, 0.717) is 16.8 Å². The Morgan fingerprint density at radius 1 is 1.60 bits per heavy atom. The average Bonchev–Trinajstić information content (AvgIpc) is 2.66. The Kier molecular flexibility index (Phi) is 3.43. The molecule has 0 aliphatic carbocycles. The number of halogens is 1. The summed E-state index contributed by atoms with van der Waals surface area (Å²) in [6.45, 7) is 1.40. The van der Waals surface area contributed by atoms with Crippen molar-refractivity contribution in [3.63, 3.8) is 0 Å². The van der Waals surface area contributed by atoms with E-state index in [0.717, 1.165) is 19.4 Å². The van der Waals surface area contributed by atoms with Crippen LogP contribution in [0.5, 0.6) is 0 Å². The van der Waals surface area contributed by atoms with Crippen molar-refractivity contribution in [3.8, 4) is 0 Å². The Labute approximate surface area is 96.1 Å². The standard InChI is InChI=1S/C10H12BrNO3/c11-9-4-7(5-15-9)10(13)12-8-2-1-3-14-6-8/h4-5,8H,1-3,6H2,(H,12,13). The molecule has 1 saturated heterocycles. The zero-order chi connectivity index (χ0) is 10.7. The normalized spacial score (nSPS) is 21.3. The van der Waals surface area contributed by atoms with Crippen LogP contribution in [-0.4, -0.2) is 25.2 Å². The Hall–Kier alpha value is -0.810. The van der Waals surface area contributed by atoms with E-state index < -0.39 is 0 Å². The number of furan rings is 1. The molecular formula is C10H12BrNO3. The van der Waals surface area contributed by atoms with Crippen molar-refractivity contribution in [1.82, 2.24) is 5.32 Å². The summed E-state index contributed by atoms with van der Waals surface area (Å²) in [6, 6.07) is 1.78. The highest BCUT2D eigenvalue weighted by Gasteiger charge is 2.17. The van der Waals surface area contributed by atoms with E-state index in [1.165, 1.54) is 6.26 Å². The molecule has 2 heterocycles. The summed E-state index contributed by atoms with van der Waals surface area (Å²) >= 11 is 3.15. The summed E-state index contributed by atoms with van der Waals surface area (Å²) in [5.41, 5.74) is 0.535. The maximum atomic E-state index is 11.7. The van der Waals surface area contributed by atoms with Crippen molar-refractivity contribution in [2.45, 2.75) is 18.9 Å². The Bertz CT molecular complexity index is 344. The summed E-state index contributed by atoms with van der Waals surface area (Å²) in [5, 5.41) is 2.90. The van der Waals surface area contributed by atoms with Gasteiger partial charge in [-0.15, -0.1) is 0 Å². The molecule has 0 bridgehead atoms. The predicted octanol–water partition coefficient (Wildman–Crippen LogP) is 1.95. The first-order valence-electron chi connectivity index (χ1n) is 4.88. The monoisotopic (exact) mass is 273 g/mol. The van der Waals surface area contributed by atoms with Gasteiger partial charge in [0.05, 0.1) is 18.2 Å². The molecule has 5 heteroatoms. The van der Waals surface area contributed by atoms with Crippen LogP contribution in [-0.2, 0) is 4.74 Å². The van der Waals surface area contributed by atoms with Crippen molar-refractivity contribution in [3.05, 3.63) is 22.6 Å². The van der Waals surface area contributed by atoms with Crippen molar-refractivity contribution in [2.75, 3.05) is 13.2 Å². The maximum Gasteiger partial charge on any atom is 0.254 e. The molecule has 82 valence electrons. The summed E-state index contributed by atoms with van der Waals surface area (Å²) < 4.78 is 10.8. The topological polar surface area (TPSA) is 51.5 Å². The van der Waals surface area contributed by atoms with E-state index in [4.69, 9.17) is 9.15 Å². The fourth-order valence-corrected chi connectivity index (χ4v) is 1.89. The van der Waals surface area contributed by atoms with E-state index in [9.17, 15) is 4.79 Å². The van der Waals surface area contributed by atoms with Crippen molar-refractivity contribution in [1.29, 1.82) is 0 Å². The lowest BCUT2D eigenvalue weighted by Gasteiger charge is -2.22. The molecule has 1 aliphatic rings. The predicted molar refractivity (Wildman–Crippen MR) is 57.7 cm³/mol. The fraction of sp³-hybridized carbons (Fsp3) is 0.500. The number of amides is 1. The van der Waals surface area contributed by atoms with Crippen LogP contribution >= 0.6 is 15.9 Å². The molecule has 1 fully saturated rings. The molecule has 0 radical (unpaired) electrons. The van der Waals surface area contributed by atoms with Crippen LogP contribution < -0.4 is 5.32 Å². The molecule has 1 aromatic heterocycles. The van der Waals surface area contributed by atoms with Crippen molar-refractivity contribution in [2.24, 2.45) is 0 Å². The van der Waals surface area contributed by atoms with E-state index in [2.05, 4.69) is 21.2 Å². The number of hydrogen-bond acceptors (Lipinski definition) is 3. The number of carbonyl (C=O) groups is 1. The molecule has 0 aromatic carbocycles. The smallest absolute Gasteiger partial charge is 0.254 e. The van der Waals surface area contributed by atoms with Gasteiger partial charge < -0.3 is 14.5 Å². The second-order valence-electron chi connectivity index (χ2n) is 3.53. The van der Waals surface area contributed by atoms with Crippen LogP contribution in [0.2, 0.25) is 0 Å². The number of carbonyl (C=O) groups excluding carboxylic acids is 1. The lowest BCUT2D eigenvalue weighted by atomic mass is 10.1. The van der Waals surface area contributed by atoms with Crippen molar-refractivity contribution >= 4 is 21.8 Å². The third-order valence-electron chi connectivity index (χ3n) is 2.33. The van der Waals surface area contributed by atoms with Gasteiger partial charge in [0, 0.05) is 12.7 Å². The number of rotatable bonds is 2. The molecule has 1 amide bonds. The summed E-state index contributed by atoms with van der Waals surface area (Å²) in [6.07, 6.45) is 3.41. The van der Waals surface area contributed by atoms with Gasteiger partial charge in [-0.05, 0) is 28.8 Å². The van der Waals surface area contributed by atoms with Crippen LogP contribution in [0.15, 0.2) is 21.4 Å². The lowest BCUT2D eigenvalue weighted by Crippen LogP contribution is -2.40. The maximum absolute atomic E-state index is 11.7. The minimum absolute atomic E-state index is 0.111. The summed E-state index contributed by atoms with van der Waals surface area (Å²) in [5.74, 6) is -0.111. The molecular weight excluding hydrogens is 262 g/mol. The number of hydrogen-bond donors (Lipinski definition) is 1. The number of ether oxygens (including phenoxy) is 1. The van der Waals surface area contributed by atoms with Crippen molar-refractivity contribution < 1.29 is 13.9 Å². The average molecular weight is 274 g/mol. The molecule has 1 N–H and O–H groups in total. The van der Waals surface area contributed by atoms with Gasteiger partial charge in [-0.2, -0.15) is 0 Å².